The lowest BCUT2D eigenvalue weighted by atomic mass is 9.94. The van der Waals surface area contributed by atoms with Gasteiger partial charge < -0.3 is 24.6 Å². The number of amides is 1. The summed E-state index contributed by atoms with van der Waals surface area (Å²) in [7, 11) is 0. The molecule has 7 heteroatoms. The van der Waals surface area contributed by atoms with Gasteiger partial charge in [0.05, 0.1) is 17.7 Å². The molecule has 5 rings (SSSR count). The van der Waals surface area contributed by atoms with Crippen LogP contribution in [0.4, 0.5) is 10.6 Å². The first kappa shape index (κ1) is 23.4. The number of carbonyl (C=O) groups excluding carboxylic acids is 1. The molecule has 2 aliphatic heterocycles. The van der Waals surface area contributed by atoms with Crippen LogP contribution >= 0.6 is 0 Å². The van der Waals surface area contributed by atoms with Gasteiger partial charge in [-0.2, -0.15) is 0 Å². The van der Waals surface area contributed by atoms with E-state index in [0.29, 0.717) is 25.7 Å². The Kier molecular flexibility index (Phi) is 6.67. The minimum absolute atomic E-state index is 0.0790. The molecular weight excluding hydrogens is 428 g/mol. The highest BCUT2D eigenvalue weighted by molar-refractivity contribution is 5.84. The van der Waals surface area contributed by atoms with E-state index in [1.807, 2.05) is 6.92 Å². The maximum absolute atomic E-state index is 12.2. The molecule has 2 saturated heterocycles. The van der Waals surface area contributed by atoms with Gasteiger partial charge in [-0.3, -0.25) is 0 Å². The van der Waals surface area contributed by atoms with Crippen LogP contribution in [-0.4, -0.2) is 67.0 Å². The van der Waals surface area contributed by atoms with Crippen molar-refractivity contribution in [2.45, 2.75) is 71.1 Å². The highest BCUT2D eigenvalue weighted by atomic mass is 16.6. The fourth-order valence-electron chi connectivity index (χ4n) is 5.66. The zero-order chi connectivity index (χ0) is 23.7. The summed E-state index contributed by atoms with van der Waals surface area (Å²) in [6, 6.07) is 7.43. The molecule has 34 heavy (non-hydrogen) atoms. The Morgan fingerprint density at radius 2 is 1.94 bits per heavy atom. The number of fused-ring (bicyclic) bond motifs is 2. The number of benzene rings is 1. The summed E-state index contributed by atoms with van der Waals surface area (Å²) in [4.78, 5) is 21.5. The SMILES string of the molecule is CCOC(=O)N1CCN(c2nc3cc4c(cc3cc2CN[C@@H]2CCOC(C)(C)C2)CCC4)CC1. The second kappa shape index (κ2) is 9.70. The second-order valence-electron chi connectivity index (χ2n) is 10.5. The number of aromatic nitrogens is 1. The van der Waals surface area contributed by atoms with Gasteiger partial charge >= 0.3 is 6.09 Å². The van der Waals surface area contributed by atoms with Gasteiger partial charge in [-0.05, 0) is 82.2 Å². The van der Waals surface area contributed by atoms with Crippen molar-refractivity contribution >= 4 is 22.8 Å². The van der Waals surface area contributed by atoms with E-state index in [1.165, 1.54) is 34.9 Å². The number of ether oxygens (including phenoxy) is 2. The van der Waals surface area contributed by atoms with E-state index in [-0.39, 0.29) is 11.7 Å². The number of piperazine rings is 1. The Hall–Kier alpha value is -2.38. The van der Waals surface area contributed by atoms with Crippen LogP contribution < -0.4 is 10.2 Å². The van der Waals surface area contributed by atoms with Gasteiger partial charge in [-0.25, -0.2) is 9.78 Å². The highest BCUT2D eigenvalue weighted by Gasteiger charge is 2.29. The highest BCUT2D eigenvalue weighted by Crippen LogP contribution is 2.31. The topological polar surface area (TPSA) is 66.9 Å². The summed E-state index contributed by atoms with van der Waals surface area (Å²) < 4.78 is 11.1. The first-order chi connectivity index (χ1) is 16.4. The van der Waals surface area contributed by atoms with Crippen molar-refractivity contribution in [2.75, 3.05) is 44.3 Å². The molecule has 1 N–H and O–H groups in total. The molecule has 3 aliphatic rings. The standard InChI is InChI=1S/C27H38N4O3/c1-4-33-26(32)31-11-9-30(10-12-31)25-22(18-28-23-8-13-34-27(2,3)17-23)15-21-14-19-6-5-7-20(19)16-24(21)29-25/h14-16,23,28H,4-13,17-18H2,1-3H3/t23-/m1/s1. The number of rotatable bonds is 5. The van der Waals surface area contributed by atoms with Crippen LogP contribution in [0.25, 0.3) is 10.9 Å². The lowest BCUT2D eigenvalue weighted by Gasteiger charge is -2.37. The van der Waals surface area contributed by atoms with E-state index in [0.717, 1.165) is 56.8 Å². The predicted molar refractivity (Wildman–Crippen MR) is 134 cm³/mol. The van der Waals surface area contributed by atoms with Gasteiger partial charge in [0, 0.05) is 56.3 Å². The quantitative estimate of drug-likeness (QED) is 0.717. The van der Waals surface area contributed by atoms with Crippen molar-refractivity contribution in [1.82, 2.24) is 15.2 Å². The number of hydrogen-bond donors (Lipinski definition) is 1. The molecule has 0 spiro atoms. The minimum Gasteiger partial charge on any atom is -0.450 e. The first-order valence-electron chi connectivity index (χ1n) is 12.9. The average Bonchev–Trinajstić information content (AvgIpc) is 3.27. The Labute approximate surface area is 202 Å². The Morgan fingerprint density at radius 3 is 2.68 bits per heavy atom. The Morgan fingerprint density at radius 1 is 1.18 bits per heavy atom. The third-order valence-corrected chi connectivity index (χ3v) is 7.47. The number of hydrogen-bond acceptors (Lipinski definition) is 6. The monoisotopic (exact) mass is 466 g/mol. The largest absolute Gasteiger partial charge is 0.450 e. The van der Waals surface area contributed by atoms with Crippen LogP contribution in [0.1, 0.15) is 56.7 Å². The molecule has 1 aliphatic carbocycles. The van der Waals surface area contributed by atoms with Crippen LogP contribution in [0.15, 0.2) is 18.2 Å². The van der Waals surface area contributed by atoms with Crippen LogP contribution in [0, 0.1) is 0 Å². The summed E-state index contributed by atoms with van der Waals surface area (Å²) in [5.41, 5.74) is 5.17. The summed E-state index contributed by atoms with van der Waals surface area (Å²) >= 11 is 0. The van der Waals surface area contributed by atoms with Gasteiger partial charge in [0.25, 0.3) is 0 Å². The number of pyridine rings is 1. The van der Waals surface area contributed by atoms with Crippen molar-refractivity contribution in [1.29, 1.82) is 0 Å². The Bertz CT molecular complexity index is 1050. The van der Waals surface area contributed by atoms with Crippen molar-refractivity contribution in [3.8, 4) is 0 Å². The molecule has 2 fully saturated rings. The third-order valence-electron chi connectivity index (χ3n) is 7.47. The van der Waals surface area contributed by atoms with Crippen molar-refractivity contribution in [2.24, 2.45) is 0 Å². The summed E-state index contributed by atoms with van der Waals surface area (Å²) in [5.74, 6) is 1.05. The van der Waals surface area contributed by atoms with Gasteiger partial charge in [-0.1, -0.05) is 0 Å². The molecule has 1 aromatic heterocycles. The number of aryl methyl sites for hydroxylation is 2. The van der Waals surface area contributed by atoms with Crippen LogP contribution in [0.3, 0.4) is 0 Å². The van der Waals surface area contributed by atoms with Gasteiger partial charge in [0.2, 0.25) is 0 Å². The minimum atomic E-state index is -0.215. The van der Waals surface area contributed by atoms with Crippen LogP contribution in [-0.2, 0) is 28.9 Å². The van der Waals surface area contributed by atoms with Crippen molar-refractivity contribution < 1.29 is 14.3 Å². The predicted octanol–water partition coefficient (Wildman–Crippen LogP) is 4.05. The van der Waals surface area contributed by atoms with Crippen LogP contribution in [0.5, 0.6) is 0 Å². The van der Waals surface area contributed by atoms with E-state index < -0.39 is 0 Å². The number of nitrogens with zero attached hydrogens (tertiary/aromatic N) is 3. The van der Waals surface area contributed by atoms with Crippen LogP contribution in [0.2, 0.25) is 0 Å². The van der Waals surface area contributed by atoms with Gasteiger partial charge in [0.15, 0.2) is 0 Å². The smallest absolute Gasteiger partial charge is 0.409 e. The third kappa shape index (κ3) is 5.01. The fourth-order valence-corrected chi connectivity index (χ4v) is 5.66. The molecule has 0 bridgehead atoms. The molecular formula is C27H38N4O3. The normalized spacial score (nSPS) is 22.1. The zero-order valence-electron chi connectivity index (χ0n) is 20.9. The van der Waals surface area contributed by atoms with E-state index in [1.54, 1.807) is 4.90 Å². The molecule has 2 aromatic rings. The van der Waals surface area contributed by atoms with E-state index >= 15 is 0 Å². The molecule has 0 unspecified atom stereocenters. The maximum atomic E-state index is 12.2. The molecule has 184 valence electrons. The van der Waals surface area contributed by atoms with Crippen molar-refractivity contribution in [3.63, 3.8) is 0 Å². The average molecular weight is 467 g/mol. The lowest BCUT2D eigenvalue weighted by Crippen LogP contribution is -2.49. The van der Waals surface area contributed by atoms with E-state index in [4.69, 9.17) is 14.5 Å². The zero-order valence-corrected chi connectivity index (χ0v) is 20.9. The maximum Gasteiger partial charge on any atom is 0.409 e. The summed E-state index contributed by atoms with van der Waals surface area (Å²) in [6.45, 7) is 11.0. The van der Waals surface area contributed by atoms with E-state index in [2.05, 4.69) is 42.3 Å². The Balaban J connectivity index is 1.39. The lowest BCUT2D eigenvalue weighted by molar-refractivity contribution is -0.0630. The molecule has 1 aromatic carbocycles. The fraction of sp³-hybridized carbons (Fsp3) is 0.630. The molecule has 7 nitrogen and oxygen atoms in total. The van der Waals surface area contributed by atoms with Gasteiger partial charge in [0.1, 0.15) is 5.82 Å². The molecule has 0 saturated carbocycles. The second-order valence-corrected chi connectivity index (χ2v) is 10.5. The van der Waals surface area contributed by atoms with E-state index in [9.17, 15) is 4.79 Å². The molecule has 1 amide bonds. The first-order valence-corrected chi connectivity index (χ1v) is 12.9. The molecule has 1 atom stereocenters. The molecule has 0 radical (unpaired) electrons. The van der Waals surface area contributed by atoms with Crippen molar-refractivity contribution in [3.05, 3.63) is 34.9 Å². The molecule has 3 heterocycles. The number of carbonyl (C=O) groups is 1. The number of anilines is 1. The summed E-state index contributed by atoms with van der Waals surface area (Å²) in [6.07, 6.45) is 5.40. The number of nitrogens with one attached hydrogen (secondary N) is 1. The summed E-state index contributed by atoms with van der Waals surface area (Å²) in [5, 5.41) is 5.04. The van der Waals surface area contributed by atoms with Gasteiger partial charge in [-0.15, -0.1) is 0 Å².